The molecule has 0 unspecified atom stereocenters. The lowest BCUT2D eigenvalue weighted by Gasteiger charge is -2.19. The minimum Gasteiger partial charge on any atom is -0.352 e. The first kappa shape index (κ1) is 19.2. The fourth-order valence-corrected chi connectivity index (χ4v) is 2.28. The molecule has 0 aromatic heterocycles. The highest BCUT2D eigenvalue weighted by Crippen LogP contribution is 2.22. The van der Waals surface area contributed by atoms with Gasteiger partial charge in [0.05, 0.1) is 6.54 Å². The number of aryl methyl sites for hydroxylation is 1. The lowest BCUT2D eigenvalue weighted by molar-refractivity contribution is -0.134. The van der Waals surface area contributed by atoms with E-state index in [1.54, 1.807) is 7.05 Å². The minimum atomic E-state index is -0.120. The van der Waals surface area contributed by atoms with E-state index in [0.717, 1.165) is 5.56 Å². The number of benzene rings is 1. The largest absolute Gasteiger partial charge is 0.352 e. The molecule has 4 heteroatoms. The predicted molar refractivity (Wildman–Crippen MR) is 94.4 cm³/mol. The van der Waals surface area contributed by atoms with Gasteiger partial charge in [-0.25, -0.2) is 0 Å². The number of nitrogens with one attached hydrogen (secondary N) is 1. The van der Waals surface area contributed by atoms with Crippen LogP contribution in [-0.2, 0) is 21.4 Å². The van der Waals surface area contributed by atoms with E-state index >= 15 is 0 Å². The molecule has 0 fully saturated rings. The molecule has 0 spiro atoms. The number of likely N-dealkylation sites (N-methyl/N-ethyl adjacent to an activating group) is 1. The Balaban J connectivity index is 2.48. The summed E-state index contributed by atoms with van der Waals surface area (Å²) in [5, 5.41) is 2.79. The maximum Gasteiger partial charge on any atom is 0.239 e. The first-order valence-electron chi connectivity index (χ1n) is 8.22. The van der Waals surface area contributed by atoms with Crippen LogP contribution in [0.25, 0.3) is 0 Å². The molecule has 0 saturated heterocycles. The van der Waals surface area contributed by atoms with Crippen LogP contribution in [0.4, 0.5) is 0 Å². The van der Waals surface area contributed by atoms with Crippen LogP contribution < -0.4 is 5.32 Å². The van der Waals surface area contributed by atoms with Crippen molar-refractivity contribution in [3.05, 3.63) is 35.4 Å². The van der Waals surface area contributed by atoms with Gasteiger partial charge in [-0.3, -0.25) is 9.59 Å². The van der Waals surface area contributed by atoms with Crippen molar-refractivity contribution in [1.29, 1.82) is 0 Å². The van der Waals surface area contributed by atoms with Crippen LogP contribution in [0.2, 0.25) is 0 Å². The molecule has 0 aliphatic rings. The van der Waals surface area contributed by atoms with E-state index in [1.165, 1.54) is 10.5 Å². The van der Waals surface area contributed by atoms with Gasteiger partial charge in [0.2, 0.25) is 11.8 Å². The van der Waals surface area contributed by atoms with Gasteiger partial charge < -0.3 is 10.2 Å². The third kappa shape index (κ3) is 6.85. The van der Waals surface area contributed by atoms with E-state index < -0.39 is 0 Å². The zero-order chi connectivity index (χ0) is 17.6. The third-order valence-corrected chi connectivity index (χ3v) is 3.70. The highest BCUT2D eigenvalue weighted by molar-refractivity contribution is 5.84. The van der Waals surface area contributed by atoms with Crippen molar-refractivity contribution in [2.75, 3.05) is 13.6 Å². The monoisotopic (exact) mass is 318 g/mol. The lowest BCUT2D eigenvalue weighted by Crippen LogP contribution is -2.40. The van der Waals surface area contributed by atoms with Crippen molar-refractivity contribution < 1.29 is 9.59 Å². The second kappa shape index (κ2) is 8.14. The Morgan fingerprint density at radius 3 is 2.17 bits per heavy atom. The number of hydrogen-bond donors (Lipinski definition) is 1. The van der Waals surface area contributed by atoms with Crippen LogP contribution in [0.5, 0.6) is 0 Å². The van der Waals surface area contributed by atoms with E-state index in [9.17, 15) is 9.59 Å². The maximum atomic E-state index is 12.1. The molecule has 4 nitrogen and oxygen atoms in total. The van der Waals surface area contributed by atoms with Crippen molar-refractivity contribution >= 4 is 11.8 Å². The molecule has 0 saturated carbocycles. The van der Waals surface area contributed by atoms with Crippen LogP contribution in [0.15, 0.2) is 24.3 Å². The molecule has 0 aliphatic heterocycles. The molecular weight excluding hydrogens is 288 g/mol. The lowest BCUT2D eigenvalue weighted by atomic mass is 9.86. The number of carbonyl (C=O) groups excluding carboxylic acids is 2. The Morgan fingerprint density at radius 2 is 1.70 bits per heavy atom. The molecule has 1 N–H and O–H groups in total. The van der Waals surface area contributed by atoms with Gasteiger partial charge >= 0.3 is 0 Å². The molecule has 2 amide bonds. The normalized spacial score (nSPS) is 11.4. The third-order valence-electron chi connectivity index (χ3n) is 3.70. The fourth-order valence-electron chi connectivity index (χ4n) is 2.28. The molecule has 128 valence electrons. The molecule has 1 aromatic carbocycles. The Hall–Kier alpha value is -1.84. The van der Waals surface area contributed by atoms with Crippen molar-refractivity contribution in [3.63, 3.8) is 0 Å². The molecule has 0 heterocycles. The van der Waals surface area contributed by atoms with Crippen molar-refractivity contribution in [3.8, 4) is 0 Å². The van der Waals surface area contributed by atoms with Gasteiger partial charge in [-0.15, -0.1) is 0 Å². The molecular formula is C19H30N2O2. The van der Waals surface area contributed by atoms with Gasteiger partial charge in [-0.2, -0.15) is 0 Å². The predicted octanol–water partition coefficient (Wildman–Crippen LogP) is 2.90. The van der Waals surface area contributed by atoms with Crippen molar-refractivity contribution in [2.45, 2.75) is 58.9 Å². The Morgan fingerprint density at radius 1 is 1.13 bits per heavy atom. The minimum absolute atomic E-state index is 0.0104. The molecule has 0 radical (unpaired) electrons. The van der Waals surface area contributed by atoms with Crippen LogP contribution in [0.3, 0.4) is 0 Å². The standard InChI is InChI=1S/C19H30N2O2/c1-14(2)20-17(22)13-21(6)18(23)12-9-15-7-10-16(11-8-15)19(3,4)5/h7-8,10-11,14H,9,12-13H2,1-6H3,(H,20,22). The van der Waals surface area contributed by atoms with E-state index in [-0.39, 0.29) is 29.8 Å². The summed E-state index contributed by atoms with van der Waals surface area (Å²) >= 11 is 0. The summed E-state index contributed by atoms with van der Waals surface area (Å²) in [6.45, 7) is 10.5. The van der Waals surface area contributed by atoms with Gasteiger partial charge in [-0.1, -0.05) is 45.0 Å². The summed E-state index contributed by atoms with van der Waals surface area (Å²) in [4.78, 5) is 25.3. The second-order valence-corrected chi connectivity index (χ2v) is 7.42. The molecule has 23 heavy (non-hydrogen) atoms. The van der Waals surface area contributed by atoms with Gasteiger partial charge in [-0.05, 0) is 36.8 Å². The Kier molecular flexibility index (Phi) is 6.79. The second-order valence-electron chi connectivity index (χ2n) is 7.42. The average molecular weight is 318 g/mol. The zero-order valence-corrected chi connectivity index (χ0v) is 15.3. The van der Waals surface area contributed by atoms with E-state index in [2.05, 4.69) is 50.4 Å². The zero-order valence-electron chi connectivity index (χ0n) is 15.3. The van der Waals surface area contributed by atoms with Gasteiger partial charge in [0.25, 0.3) is 0 Å². The molecule has 1 rings (SSSR count). The molecule has 1 aromatic rings. The highest BCUT2D eigenvalue weighted by Gasteiger charge is 2.15. The number of hydrogen-bond acceptors (Lipinski definition) is 2. The first-order chi connectivity index (χ1) is 10.6. The van der Waals surface area contributed by atoms with Crippen LogP contribution >= 0.6 is 0 Å². The summed E-state index contributed by atoms with van der Waals surface area (Å²) in [6, 6.07) is 8.50. The van der Waals surface area contributed by atoms with Gasteiger partial charge in [0.1, 0.15) is 0 Å². The summed E-state index contributed by atoms with van der Waals surface area (Å²) < 4.78 is 0. The van der Waals surface area contributed by atoms with Crippen LogP contribution in [-0.4, -0.2) is 36.3 Å². The smallest absolute Gasteiger partial charge is 0.239 e. The van der Waals surface area contributed by atoms with Crippen LogP contribution in [0.1, 0.15) is 52.2 Å². The highest BCUT2D eigenvalue weighted by atomic mass is 16.2. The molecule has 0 bridgehead atoms. The van der Waals surface area contributed by atoms with E-state index in [4.69, 9.17) is 0 Å². The number of amides is 2. The van der Waals surface area contributed by atoms with E-state index in [1.807, 2.05) is 13.8 Å². The quantitative estimate of drug-likeness (QED) is 0.877. The average Bonchev–Trinajstić information content (AvgIpc) is 2.43. The maximum absolute atomic E-state index is 12.1. The van der Waals surface area contributed by atoms with Crippen molar-refractivity contribution in [1.82, 2.24) is 10.2 Å². The topological polar surface area (TPSA) is 49.4 Å². The van der Waals surface area contributed by atoms with Gasteiger partial charge in [0.15, 0.2) is 0 Å². The SMILES string of the molecule is CC(C)NC(=O)CN(C)C(=O)CCc1ccc(C(C)(C)C)cc1. The molecule has 0 atom stereocenters. The summed E-state index contributed by atoms with van der Waals surface area (Å²) in [5.41, 5.74) is 2.57. The Labute approximate surface area is 140 Å². The fraction of sp³-hybridized carbons (Fsp3) is 0.579. The van der Waals surface area contributed by atoms with E-state index in [0.29, 0.717) is 12.8 Å². The summed E-state index contributed by atoms with van der Waals surface area (Å²) in [6.07, 6.45) is 1.11. The molecule has 0 aliphatic carbocycles. The first-order valence-corrected chi connectivity index (χ1v) is 8.22. The van der Waals surface area contributed by atoms with Crippen molar-refractivity contribution in [2.24, 2.45) is 0 Å². The number of carbonyl (C=O) groups is 2. The van der Waals surface area contributed by atoms with Crippen LogP contribution in [0, 0.1) is 0 Å². The summed E-state index contributed by atoms with van der Waals surface area (Å²) in [5.74, 6) is -0.130. The number of rotatable bonds is 6. The number of nitrogens with zero attached hydrogens (tertiary/aromatic N) is 1. The van der Waals surface area contributed by atoms with Gasteiger partial charge in [0, 0.05) is 19.5 Å². The Bertz CT molecular complexity index is 527. The summed E-state index contributed by atoms with van der Waals surface area (Å²) in [7, 11) is 1.67.